The molecule has 5 nitrogen and oxygen atoms in total. The molecule has 0 unspecified atom stereocenters. The van der Waals surface area contributed by atoms with Crippen LogP contribution in [-0.4, -0.2) is 9.72 Å². The van der Waals surface area contributed by atoms with E-state index in [0.717, 1.165) is 22.4 Å². The molecule has 0 saturated heterocycles. The van der Waals surface area contributed by atoms with Crippen LogP contribution in [-0.2, 0) is 6.54 Å². The Labute approximate surface area is 132 Å². The zero-order chi connectivity index (χ0) is 16.6. The predicted molar refractivity (Wildman–Crippen MR) is 85.6 cm³/mol. The van der Waals surface area contributed by atoms with Gasteiger partial charge in [0.15, 0.2) is 0 Å². The van der Waals surface area contributed by atoms with Crippen LogP contribution in [0.25, 0.3) is 11.1 Å². The summed E-state index contributed by atoms with van der Waals surface area (Å²) in [5.74, 6) is 0.346. The number of nitrogens with zero attached hydrogens (tertiary/aromatic N) is 2. The molecule has 6 heteroatoms. The minimum absolute atomic E-state index is 0.143. The van der Waals surface area contributed by atoms with Crippen LogP contribution >= 0.6 is 0 Å². The topological polar surface area (TPSA) is 74.1 Å². The van der Waals surface area contributed by atoms with Crippen LogP contribution in [0.15, 0.2) is 45.8 Å². The molecule has 0 amide bonds. The Morgan fingerprint density at radius 1 is 1.26 bits per heavy atom. The summed E-state index contributed by atoms with van der Waals surface area (Å²) in [6.07, 6.45) is 1.72. The molecule has 0 spiro atoms. The number of aryl methyl sites for hydroxylation is 2. The number of hydrogen-bond acceptors (Lipinski definition) is 4. The van der Waals surface area contributed by atoms with Crippen LogP contribution in [0.5, 0.6) is 0 Å². The number of nitrogens with two attached hydrogens (primary N) is 1. The van der Waals surface area contributed by atoms with Gasteiger partial charge in [-0.05, 0) is 37.6 Å². The van der Waals surface area contributed by atoms with E-state index in [1.165, 1.54) is 16.7 Å². The summed E-state index contributed by atoms with van der Waals surface area (Å²) >= 11 is 0. The van der Waals surface area contributed by atoms with Crippen molar-refractivity contribution in [2.75, 3.05) is 5.73 Å². The average Bonchev–Trinajstić information content (AvgIpc) is 2.85. The lowest BCUT2D eigenvalue weighted by Crippen LogP contribution is -2.23. The molecule has 118 valence electrons. The van der Waals surface area contributed by atoms with Gasteiger partial charge < -0.3 is 14.8 Å². The highest BCUT2D eigenvalue weighted by Gasteiger charge is 2.14. The molecule has 0 saturated carbocycles. The van der Waals surface area contributed by atoms with Crippen molar-refractivity contribution in [1.29, 1.82) is 0 Å². The maximum absolute atomic E-state index is 13.0. The van der Waals surface area contributed by atoms with Gasteiger partial charge >= 0.3 is 0 Å². The number of anilines is 1. The fraction of sp³-hybridized carbons (Fsp3) is 0.176. The van der Waals surface area contributed by atoms with Gasteiger partial charge in [-0.2, -0.15) is 0 Å². The molecule has 23 heavy (non-hydrogen) atoms. The largest absolute Gasteiger partial charge is 0.394 e. The van der Waals surface area contributed by atoms with E-state index in [-0.39, 0.29) is 17.1 Å². The van der Waals surface area contributed by atoms with Gasteiger partial charge in [0.05, 0.1) is 17.9 Å². The Kier molecular flexibility index (Phi) is 3.73. The zero-order valence-electron chi connectivity index (χ0n) is 12.8. The van der Waals surface area contributed by atoms with Crippen molar-refractivity contribution in [1.82, 2.24) is 9.72 Å². The van der Waals surface area contributed by atoms with E-state index in [9.17, 15) is 9.18 Å². The number of aromatic nitrogens is 2. The molecule has 1 aromatic carbocycles. The number of benzene rings is 1. The summed E-state index contributed by atoms with van der Waals surface area (Å²) in [4.78, 5) is 12.3. The normalized spacial score (nSPS) is 10.9. The third-order valence-corrected chi connectivity index (χ3v) is 3.70. The van der Waals surface area contributed by atoms with E-state index in [2.05, 4.69) is 5.16 Å². The molecule has 2 aromatic heterocycles. The van der Waals surface area contributed by atoms with Crippen LogP contribution in [0.3, 0.4) is 0 Å². The van der Waals surface area contributed by atoms with Gasteiger partial charge in [0, 0.05) is 17.3 Å². The van der Waals surface area contributed by atoms with Crippen molar-refractivity contribution in [3.8, 4) is 11.1 Å². The van der Waals surface area contributed by atoms with Crippen LogP contribution in [0, 0.1) is 19.7 Å². The standard InChI is InChI=1S/C17H16FN3O2/c1-10-16(11(2)23-20-10)13-7-15(19)17(22)21(9-13)8-12-3-5-14(18)6-4-12/h3-7,9H,8,19H2,1-2H3. The molecule has 0 aliphatic heterocycles. The summed E-state index contributed by atoms with van der Waals surface area (Å²) in [5, 5.41) is 3.92. The maximum Gasteiger partial charge on any atom is 0.274 e. The lowest BCUT2D eigenvalue weighted by atomic mass is 10.1. The number of nitrogen functional groups attached to an aromatic ring is 1. The van der Waals surface area contributed by atoms with Gasteiger partial charge in [-0.3, -0.25) is 4.79 Å². The molecule has 0 radical (unpaired) electrons. The number of hydrogen-bond donors (Lipinski definition) is 1. The molecule has 0 atom stereocenters. The first-order valence-corrected chi connectivity index (χ1v) is 7.13. The van der Waals surface area contributed by atoms with Crippen molar-refractivity contribution in [2.24, 2.45) is 0 Å². The van der Waals surface area contributed by atoms with Crippen molar-refractivity contribution in [3.63, 3.8) is 0 Å². The second-order valence-electron chi connectivity index (χ2n) is 5.44. The smallest absolute Gasteiger partial charge is 0.274 e. The molecule has 3 aromatic rings. The summed E-state index contributed by atoms with van der Waals surface area (Å²) in [5.41, 5.74) is 8.84. The molecule has 2 heterocycles. The molecular weight excluding hydrogens is 297 g/mol. The molecular formula is C17H16FN3O2. The monoisotopic (exact) mass is 313 g/mol. The van der Waals surface area contributed by atoms with Crippen molar-refractivity contribution in [2.45, 2.75) is 20.4 Å². The first kappa shape index (κ1) is 15.0. The third-order valence-electron chi connectivity index (χ3n) is 3.70. The second kappa shape index (κ2) is 5.72. The Balaban J connectivity index is 2.07. The van der Waals surface area contributed by atoms with Crippen LogP contribution in [0.1, 0.15) is 17.0 Å². The SMILES string of the molecule is Cc1noc(C)c1-c1cc(N)c(=O)n(Cc2ccc(F)cc2)c1. The number of rotatable bonds is 3. The first-order valence-electron chi connectivity index (χ1n) is 7.13. The average molecular weight is 313 g/mol. The van der Waals surface area contributed by atoms with Gasteiger partial charge in [0.1, 0.15) is 11.6 Å². The lowest BCUT2D eigenvalue weighted by Gasteiger charge is -2.10. The highest BCUT2D eigenvalue weighted by atomic mass is 19.1. The minimum atomic E-state index is -0.315. The van der Waals surface area contributed by atoms with E-state index in [4.69, 9.17) is 10.3 Å². The van der Waals surface area contributed by atoms with Crippen LogP contribution in [0.2, 0.25) is 0 Å². The maximum atomic E-state index is 13.0. The van der Waals surface area contributed by atoms with Gasteiger partial charge in [0.25, 0.3) is 5.56 Å². The fourth-order valence-corrected chi connectivity index (χ4v) is 2.59. The van der Waals surface area contributed by atoms with Crippen molar-refractivity contribution < 1.29 is 8.91 Å². The van der Waals surface area contributed by atoms with E-state index in [0.29, 0.717) is 12.3 Å². The summed E-state index contributed by atoms with van der Waals surface area (Å²) in [6.45, 7) is 3.94. The zero-order valence-corrected chi connectivity index (χ0v) is 12.8. The van der Waals surface area contributed by atoms with Gasteiger partial charge in [-0.15, -0.1) is 0 Å². The van der Waals surface area contributed by atoms with Crippen LogP contribution < -0.4 is 11.3 Å². The Morgan fingerprint density at radius 2 is 1.96 bits per heavy atom. The molecule has 0 bridgehead atoms. The molecule has 0 aliphatic rings. The van der Waals surface area contributed by atoms with Gasteiger partial charge in [-0.25, -0.2) is 4.39 Å². The second-order valence-corrected chi connectivity index (χ2v) is 5.44. The fourth-order valence-electron chi connectivity index (χ4n) is 2.59. The first-order chi connectivity index (χ1) is 11.0. The molecule has 0 aliphatic carbocycles. The third kappa shape index (κ3) is 2.88. The summed E-state index contributed by atoms with van der Waals surface area (Å²) in [6, 6.07) is 7.63. The Hall–Kier alpha value is -2.89. The van der Waals surface area contributed by atoms with E-state index in [1.54, 1.807) is 31.3 Å². The van der Waals surface area contributed by atoms with E-state index < -0.39 is 0 Å². The summed E-state index contributed by atoms with van der Waals surface area (Å²) in [7, 11) is 0. The number of pyridine rings is 1. The minimum Gasteiger partial charge on any atom is -0.394 e. The molecule has 0 fully saturated rings. The van der Waals surface area contributed by atoms with Gasteiger partial charge in [-0.1, -0.05) is 17.3 Å². The van der Waals surface area contributed by atoms with E-state index >= 15 is 0 Å². The van der Waals surface area contributed by atoms with Gasteiger partial charge in [0.2, 0.25) is 0 Å². The highest BCUT2D eigenvalue weighted by Crippen LogP contribution is 2.27. The predicted octanol–water partition coefficient (Wildman–Crippen LogP) is 2.89. The highest BCUT2D eigenvalue weighted by molar-refractivity contribution is 5.69. The van der Waals surface area contributed by atoms with Crippen molar-refractivity contribution in [3.05, 3.63) is 69.7 Å². The number of halogens is 1. The molecule has 3 rings (SSSR count). The van der Waals surface area contributed by atoms with Crippen molar-refractivity contribution >= 4 is 5.69 Å². The Morgan fingerprint density at radius 3 is 2.57 bits per heavy atom. The quantitative estimate of drug-likeness (QED) is 0.807. The summed E-state index contributed by atoms with van der Waals surface area (Å²) < 4.78 is 19.7. The molecule has 2 N–H and O–H groups in total. The lowest BCUT2D eigenvalue weighted by molar-refractivity contribution is 0.393. The van der Waals surface area contributed by atoms with Crippen LogP contribution in [0.4, 0.5) is 10.1 Å². The Bertz CT molecular complexity index is 891. The van der Waals surface area contributed by atoms with E-state index in [1.807, 2.05) is 6.92 Å².